The Labute approximate surface area is 73.8 Å². The van der Waals surface area contributed by atoms with E-state index in [4.69, 9.17) is 0 Å². The van der Waals surface area contributed by atoms with Crippen LogP contribution in [0.4, 0.5) is 0 Å². The Morgan fingerprint density at radius 3 is 2.83 bits per heavy atom. The SMILES string of the molecule is CCC1C2C=CC(C2)C1(C)C=O. The van der Waals surface area contributed by atoms with Gasteiger partial charge in [-0.15, -0.1) is 0 Å². The average Bonchev–Trinajstić information content (AvgIpc) is 2.63. The summed E-state index contributed by atoms with van der Waals surface area (Å²) >= 11 is 0. The third-order valence-electron chi connectivity index (χ3n) is 3.93. The molecule has 0 amide bonds. The molecule has 66 valence electrons. The number of fused-ring (bicyclic) bond motifs is 2. The quantitative estimate of drug-likeness (QED) is 0.452. The molecule has 2 rings (SSSR count). The fraction of sp³-hybridized carbons (Fsp3) is 0.727. The van der Waals surface area contributed by atoms with E-state index in [1.54, 1.807) is 0 Å². The second-order valence-corrected chi connectivity index (χ2v) is 4.39. The smallest absolute Gasteiger partial charge is 0.126 e. The third-order valence-corrected chi connectivity index (χ3v) is 3.93. The van der Waals surface area contributed by atoms with Crippen LogP contribution in [0.2, 0.25) is 0 Å². The van der Waals surface area contributed by atoms with Crippen LogP contribution in [0.5, 0.6) is 0 Å². The summed E-state index contributed by atoms with van der Waals surface area (Å²) in [6, 6.07) is 0. The molecule has 0 saturated heterocycles. The molecule has 1 nitrogen and oxygen atoms in total. The monoisotopic (exact) mass is 164 g/mol. The van der Waals surface area contributed by atoms with Gasteiger partial charge in [-0.2, -0.15) is 0 Å². The predicted molar refractivity (Wildman–Crippen MR) is 48.7 cm³/mol. The molecular formula is C11H16O. The van der Waals surface area contributed by atoms with Gasteiger partial charge in [-0.05, 0) is 24.2 Å². The van der Waals surface area contributed by atoms with Gasteiger partial charge in [0.15, 0.2) is 0 Å². The van der Waals surface area contributed by atoms with Crippen molar-refractivity contribution in [3.8, 4) is 0 Å². The number of carbonyl (C=O) groups is 1. The number of hydrogen-bond donors (Lipinski definition) is 0. The zero-order valence-electron chi connectivity index (χ0n) is 7.79. The molecule has 1 fully saturated rings. The third kappa shape index (κ3) is 0.769. The summed E-state index contributed by atoms with van der Waals surface area (Å²) in [6.45, 7) is 4.32. The second kappa shape index (κ2) is 2.45. The Bertz CT molecular complexity index is 231. The normalized spacial score (nSPS) is 50.0. The zero-order valence-corrected chi connectivity index (χ0v) is 7.79. The maximum Gasteiger partial charge on any atom is 0.126 e. The molecule has 2 aliphatic rings. The summed E-state index contributed by atoms with van der Waals surface area (Å²) in [5.74, 6) is 1.82. The summed E-state index contributed by atoms with van der Waals surface area (Å²) in [5.41, 5.74) is -0.0475. The van der Waals surface area contributed by atoms with Gasteiger partial charge in [0.05, 0.1) is 0 Å². The number of hydrogen-bond acceptors (Lipinski definition) is 1. The first kappa shape index (κ1) is 8.03. The summed E-state index contributed by atoms with van der Waals surface area (Å²) in [7, 11) is 0. The van der Waals surface area contributed by atoms with E-state index in [1.807, 2.05) is 0 Å². The van der Waals surface area contributed by atoms with Gasteiger partial charge in [-0.25, -0.2) is 0 Å². The number of aldehydes is 1. The highest BCUT2D eigenvalue weighted by Gasteiger charge is 2.51. The topological polar surface area (TPSA) is 17.1 Å². The standard InChI is InChI=1S/C11H16O/c1-3-10-8-4-5-9(6-8)11(10,2)7-12/h4-5,7-10H,3,6H2,1-2H3. The van der Waals surface area contributed by atoms with E-state index >= 15 is 0 Å². The van der Waals surface area contributed by atoms with Crippen LogP contribution in [0.3, 0.4) is 0 Å². The molecule has 0 aromatic heterocycles. The number of rotatable bonds is 2. The summed E-state index contributed by atoms with van der Waals surface area (Å²) < 4.78 is 0. The van der Waals surface area contributed by atoms with Crippen LogP contribution in [0.25, 0.3) is 0 Å². The van der Waals surface area contributed by atoms with Crippen molar-refractivity contribution in [1.29, 1.82) is 0 Å². The van der Waals surface area contributed by atoms with Crippen molar-refractivity contribution in [3.05, 3.63) is 12.2 Å². The van der Waals surface area contributed by atoms with Crippen molar-refractivity contribution >= 4 is 6.29 Å². The van der Waals surface area contributed by atoms with Crippen molar-refractivity contribution < 1.29 is 4.79 Å². The molecule has 1 heteroatoms. The summed E-state index contributed by atoms with van der Waals surface area (Å²) in [6.07, 6.45) is 8.10. The minimum atomic E-state index is -0.0475. The highest BCUT2D eigenvalue weighted by atomic mass is 16.1. The summed E-state index contributed by atoms with van der Waals surface area (Å²) in [5, 5.41) is 0. The van der Waals surface area contributed by atoms with E-state index in [2.05, 4.69) is 26.0 Å². The number of carbonyl (C=O) groups excluding carboxylic acids is 1. The van der Waals surface area contributed by atoms with Gasteiger partial charge in [0.25, 0.3) is 0 Å². The molecule has 0 heterocycles. The van der Waals surface area contributed by atoms with Crippen LogP contribution < -0.4 is 0 Å². The first-order chi connectivity index (χ1) is 5.72. The van der Waals surface area contributed by atoms with Gasteiger partial charge in [-0.3, -0.25) is 0 Å². The van der Waals surface area contributed by atoms with Gasteiger partial charge in [0, 0.05) is 5.41 Å². The Kier molecular flexibility index (Phi) is 1.64. The predicted octanol–water partition coefficient (Wildman–Crippen LogP) is 2.42. The molecule has 1 saturated carbocycles. The molecule has 4 unspecified atom stereocenters. The van der Waals surface area contributed by atoms with Gasteiger partial charge < -0.3 is 4.79 Å². The van der Waals surface area contributed by atoms with Crippen LogP contribution in [0, 0.1) is 23.2 Å². The highest BCUT2D eigenvalue weighted by molar-refractivity contribution is 5.62. The molecule has 0 aromatic carbocycles. The van der Waals surface area contributed by atoms with E-state index < -0.39 is 0 Å². The van der Waals surface area contributed by atoms with E-state index in [0.717, 1.165) is 6.42 Å². The molecule has 2 aliphatic carbocycles. The van der Waals surface area contributed by atoms with Gasteiger partial charge in [-0.1, -0.05) is 32.4 Å². The van der Waals surface area contributed by atoms with Crippen molar-refractivity contribution in [1.82, 2.24) is 0 Å². The Hall–Kier alpha value is -0.590. The molecular weight excluding hydrogens is 148 g/mol. The van der Waals surface area contributed by atoms with E-state index in [1.165, 1.54) is 12.7 Å². The fourth-order valence-electron chi connectivity index (χ4n) is 3.14. The second-order valence-electron chi connectivity index (χ2n) is 4.39. The van der Waals surface area contributed by atoms with Crippen molar-refractivity contribution in [2.24, 2.45) is 23.2 Å². The lowest BCUT2D eigenvalue weighted by Crippen LogP contribution is -2.32. The van der Waals surface area contributed by atoms with Crippen LogP contribution in [-0.4, -0.2) is 6.29 Å². The summed E-state index contributed by atoms with van der Waals surface area (Å²) in [4.78, 5) is 11.1. The maximum atomic E-state index is 11.1. The van der Waals surface area contributed by atoms with E-state index in [9.17, 15) is 4.79 Å². The number of allylic oxidation sites excluding steroid dienone is 2. The van der Waals surface area contributed by atoms with Crippen LogP contribution in [-0.2, 0) is 4.79 Å². The Balaban J connectivity index is 2.34. The Morgan fingerprint density at radius 2 is 2.33 bits per heavy atom. The lowest BCUT2D eigenvalue weighted by molar-refractivity contribution is -0.119. The van der Waals surface area contributed by atoms with Gasteiger partial charge in [0.2, 0.25) is 0 Å². The van der Waals surface area contributed by atoms with Gasteiger partial charge >= 0.3 is 0 Å². The molecule has 2 bridgehead atoms. The van der Waals surface area contributed by atoms with Crippen LogP contribution in [0.1, 0.15) is 26.7 Å². The molecule has 0 aliphatic heterocycles. The first-order valence-corrected chi connectivity index (χ1v) is 4.87. The largest absolute Gasteiger partial charge is 0.303 e. The Morgan fingerprint density at radius 1 is 1.58 bits per heavy atom. The van der Waals surface area contributed by atoms with Crippen molar-refractivity contribution in [2.75, 3.05) is 0 Å². The maximum absolute atomic E-state index is 11.1. The fourth-order valence-corrected chi connectivity index (χ4v) is 3.14. The molecule has 12 heavy (non-hydrogen) atoms. The zero-order chi connectivity index (χ0) is 8.77. The lowest BCUT2D eigenvalue weighted by atomic mass is 9.70. The van der Waals surface area contributed by atoms with Gasteiger partial charge in [0.1, 0.15) is 6.29 Å². The highest BCUT2D eigenvalue weighted by Crippen LogP contribution is 2.55. The van der Waals surface area contributed by atoms with E-state index in [-0.39, 0.29) is 5.41 Å². The molecule has 0 spiro atoms. The minimum absolute atomic E-state index is 0.0475. The van der Waals surface area contributed by atoms with Crippen LogP contribution >= 0.6 is 0 Å². The van der Waals surface area contributed by atoms with Crippen LogP contribution in [0.15, 0.2) is 12.2 Å². The average molecular weight is 164 g/mol. The minimum Gasteiger partial charge on any atom is -0.303 e. The molecule has 4 atom stereocenters. The molecule has 0 radical (unpaired) electrons. The molecule has 0 aromatic rings. The first-order valence-electron chi connectivity index (χ1n) is 4.87. The van der Waals surface area contributed by atoms with Crippen molar-refractivity contribution in [2.45, 2.75) is 26.7 Å². The van der Waals surface area contributed by atoms with Crippen molar-refractivity contribution in [3.63, 3.8) is 0 Å². The van der Waals surface area contributed by atoms with E-state index in [0.29, 0.717) is 17.8 Å². The molecule has 0 N–H and O–H groups in total. The lowest BCUT2D eigenvalue weighted by Gasteiger charge is -2.33.